The van der Waals surface area contributed by atoms with Gasteiger partial charge in [0.1, 0.15) is 29.1 Å². The van der Waals surface area contributed by atoms with Crippen LogP contribution in [-0.4, -0.2) is 261 Å². The van der Waals surface area contributed by atoms with E-state index in [0.29, 0.717) is 42.5 Å². The summed E-state index contributed by atoms with van der Waals surface area (Å²) in [5, 5.41) is 111. The summed E-state index contributed by atoms with van der Waals surface area (Å²) in [7, 11) is 0. The number of imide groups is 1. The lowest BCUT2D eigenvalue weighted by molar-refractivity contribution is -0.143. The van der Waals surface area contributed by atoms with Crippen LogP contribution in [-0.2, 0) is 115 Å². The average molecular weight is 1930 g/mol. The SMILES string of the molecule is CC[C@H](C)[C@H](NC(=O)[C@H](CO)CC(=O)[C@H](Cc1ccc(O)cc1)NC(=O)[C@H](CC(=O)O)CC(=O)[C@H](CO)NC(=O)[C@@H](CC(=O)[C@H](Cc1ccccc1)NC(=O)[C@@H](CC(=O)CNC(=O)[C@H](CCC(=O)O)CC(=O)CSCC(=O)CCCN1C(=O)CC(c2ccccc2)C1=O)[C@@H](C)O)[C@@H](C)O)C(=O)C[C@@H](Cc1ccc(O)cc1)C(=O)N[C@@H](CC(C)C)C(=O)C[C@@H](CC(=O)O)C(=O)N[C@H](C)CCCCN. The van der Waals surface area contributed by atoms with Gasteiger partial charge in [-0.15, -0.1) is 11.8 Å². The molecule has 0 aromatic heterocycles. The number of thioether (sulfide) groups is 1. The standard InChI is InChI=1S/C98H133N9O29S/c1-8-56(4)90(85(121)43-65(37-61-24-29-69(112)30-25-61)93(131)102-77(36-55(2)3)81(117)41-66(45-88(125)126)92(130)101-57(5)18-15-16-34-99)106-95(133)68(51-108)44-82(118)78(39-62-26-31-70(113)32-27-62)103-94(132)67(46-89(127)128)42-83(119)80(52-109)105-97(135)75(59(7)111)48-84(120)79(38-60-19-11-9-12-20-60)104-96(134)74(58(6)110)47-72(115)50-100-91(129)64(28-33-87(123)124)40-73(116)54-137-53-71(114)23-17-35-107-86(122)49-76(98(107)136)63-21-13-10-14-22-63/h9-14,19-22,24-27,29-32,55-59,64-68,74-80,90,108-113H,8,15-18,23,28,33-54,99H2,1-7H3,(H,100,129)(H,101,130)(H,102,131)(H,103,132)(H,104,134)(H,105,135)(H,106,133)(H,123,124)(H,125,126)(H,127,128)/t56-,57+,58+,59+,64+,65+,66-,67-,68-,74-,75-,76?,77-,78-,79-,80-,90-/m0/s1. The fourth-order valence-corrected chi connectivity index (χ4v) is 16.7. The Kier molecular flexibility index (Phi) is 49.7. The van der Waals surface area contributed by atoms with Crippen LogP contribution in [0.25, 0.3) is 0 Å². The summed E-state index contributed by atoms with van der Waals surface area (Å²) < 4.78 is 0. The molecule has 9 amide bonds. The molecule has 137 heavy (non-hydrogen) atoms. The molecule has 18 N–H and O–H groups in total. The summed E-state index contributed by atoms with van der Waals surface area (Å²) in [6.45, 7) is 8.13. The van der Waals surface area contributed by atoms with Crippen molar-refractivity contribution in [2.45, 2.75) is 244 Å². The van der Waals surface area contributed by atoms with Gasteiger partial charge >= 0.3 is 17.9 Å². The second-order valence-corrected chi connectivity index (χ2v) is 36.8. The number of amides is 9. The highest BCUT2D eigenvalue weighted by molar-refractivity contribution is 8.00. The first kappa shape index (κ1) is 115. The number of rotatable bonds is 68. The molecule has 38 nitrogen and oxygen atoms in total. The largest absolute Gasteiger partial charge is 0.508 e. The Hall–Kier alpha value is -12.2. The molecule has 4 aromatic rings. The molecular weight excluding hydrogens is 1800 g/mol. The van der Waals surface area contributed by atoms with Crippen LogP contribution in [0.1, 0.15) is 199 Å². The van der Waals surface area contributed by atoms with E-state index in [4.69, 9.17) is 5.73 Å². The van der Waals surface area contributed by atoms with Crippen molar-refractivity contribution in [3.63, 3.8) is 0 Å². The van der Waals surface area contributed by atoms with Crippen molar-refractivity contribution in [1.29, 1.82) is 0 Å². The van der Waals surface area contributed by atoms with Gasteiger partial charge in [0.05, 0.1) is 116 Å². The Morgan fingerprint density at radius 3 is 1.43 bits per heavy atom. The van der Waals surface area contributed by atoms with Crippen LogP contribution in [0.15, 0.2) is 109 Å². The number of unbranched alkanes of at least 4 members (excludes halogenated alkanes) is 1. The first-order valence-corrected chi connectivity index (χ1v) is 47.3. The Bertz CT molecular complexity index is 4790. The second-order valence-electron chi connectivity index (χ2n) is 35.8. The van der Waals surface area contributed by atoms with Gasteiger partial charge in [0.25, 0.3) is 0 Å². The summed E-state index contributed by atoms with van der Waals surface area (Å²) >= 11 is 0.937. The molecule has 0 saturated carbocycles. The maximum Gasteiger partial charge on any atom is 0.304 e. The zero-order valence-corrected chi connectivity index (χ0v) is 79.2. The van der Waals surface area contributed by atoms with Crippen LogP contribution in [0.3, 0.4) is 0 Å². The van der Waals surface area contributed by atoms with Crippen LogP contribution in [0, 0.1) is 53.3 Å². The van der Waals surface area contributed by atoms with Crippen molar-refractivity contribution in [1.82, 2.24) is 42.1 Å². The molecule has 0 bridgehead atoms. The molecule has 17 atom stereocenters. The number of hydrogen-bond acceptors (Lipinski definition) is 28. The number of carboxylic acids is 3. The lowest BCUT2D eigenvalue weighted by Gasteiger charge is -2.28. The number of phenolic OH excluding ortho intramolecular Hbond substituents is 2. The quantitative estimate of drug-likeness (QED) is 0.0222. The first-order chi connectivity index (χ1) is 64.8. The first-order valence-electron chi connectivity index (χ1n) is 46.1. The van der Waals surface area contributed by atoms with E-state index in [1.807, 2.05) is 0 Å². The molecular formula is C98H133N9O29S. The molecule has 750 valence electrons. The number of aliphatic hydroxyl groups excluding tert-OH is 4. The number of carboxylic acid groups (broad SMARTS) is 3. The third-order valence-electron chi connectivity index (χ3n) is 24.0. The van der Waals surface area contributed by atoms with Gasteiger partial charge < -0.3 is 88.9 Å². The number of Topliss-reactive ketones (excluding diaryl/α,β-unsaturated/α-hetero) is 8. The van der Waals surface area contributed by atoms with Gasteiger partial charge in [-0.05, 0) is 137 Å². The number of aliphatic hydroxyl groups is 4. The van der Waals surface area contributed by atoms with Crippen molar-refractivity contribution < 1.29 is 142 Å². The molecule has 0 radical (unpaired) electrons. The molecule has 0 aliphatic carbocycles. The van der Waals surface area contributed by atoms with Crippen LogP contribution in [0.2, 0.25) is 0 Å². The van der Waals surface area contributed by atoms with Crippen LogP contribution < -0.4 is 43.0 Å². The number of ketones is 8. The van der Waals surface area contributed by atoms with Crippen molar-refractivity contribution in [3.05, 3.63) is 131 Å². The van der Waals surface area contributed by atoms with E-state index in [2.05, 4.69) is 37.2 Å². The number of phenols is 2. The Morgan fingerprint density at radius 2 is 0.905 bits per heavy atom. The molecule has 1 heterocycles. The Balaban J connectivity index is 1.27. The third kappa shape index (κ3) is 40.6. The molecule has 0 spiro atoms. The highest BCUT2D eigenvalue weighted by atomic mass is 32.2. The van der Waals surface area contributed by atoms with Gasteiger partial charge in [-0.3, -0.25) is 101 Å². The van der Waals surface area contributed by atoms with Gasteiger partial charge in [-0.25, -0.2) is 0 Å². The lowest BCUT2D eigenvalue weighted by Crippen LogP contribution is -2.52. The highest BCUT2D eigenvalue weighted by Crippen LogP contribution is 2.31. The number of likely N-dealkylation sites (tertiary alicyclic amines) is 1. The molecule has 5 rings (SSSR count). The van der Waals surface area contributed by atoms with Gasteiger partial charge in [0.2, 0.25) is 53.2 Å². The molecule has 39 heteroatoms. The van der Waals surface area contributed by atoms with E-state index in [9.17, 15) is 142 Å². The van der Waals surface area contributed by atoms with Crippen LogP contribution in [0.4, 0.5) is 0 Å². The van der Waals surface area contributed by atoms with E-state index >= 15 is 0 Å². The number of nitrogens with one attached hydrogen (secondary N) is 7. The fraction of sp³-hybridized carbons (Fsp3) is 0.551. The van der Waals surface area contributed by atoms with Crippen molar-refractivity contribution >= 4 is 129 Å². The van der Waals surface area contributed by atoms with Gasteiger partial charge in [-0.2, -0.15) is 0 Å². The molecule has 1 fully saturated rings. The summed E-state index contributed by atoms with van der Waals surface area (Å²) in [6.07, 6.45) is -10.1. The summed E-state index contributed by atoms with van der Waals surface area (Å²) in [5.74, 6) is -31.7. The zero-order valence-electron chi connectivity index (χ0n) is 78.4. The smallest absolute Gasteiger partial charge is 0.304 e. The Labute approximate surface area is 799 Å². The minimum Gasteiger partial charge on any atom is -0.508 e. The molecule has 1 aliphatic heterocycles. The number of carbonyl (C=O) groups is 20. The molecule has 4 aromatic carbocycles. The normalized spacial score (nSPS) is 16.0. The van der Waals surface area contributed by atoms with Crippen molar-refractivity contribution in [2.24, 2.45) is 59.0 Å². The molecule has 1 saturated heterocycles. The fourth-order valence-electron chi connectivity index (χ4n) is 15.8. The Morgan fingerprint density at radius 1 is 0.438 bits per heavy atom. The maximum absolute atomic E-state index is 14.9. The maximum atomic E-state index is 14.9. The van der Waals surface area contributed by atoms with E-state index in [1.54, 1.807) is 95.3 Å². The second kappa shape index (κ2) is 59.1. The highest BCUT2D eigenvalue weighted by Gasteiger charge is 2.43. The number of aliphatic carboxylic acids is 3. The van der Waals surface area contributed by atoms with E-state index in [-0.39, 0.29) is 110 Å². The van der Waals surface area contributed by atoms with Crippen LogP contribution in [0.5, 0.6) is 11.5 Å². The summed E-state index contributed by atoms with van der Waals surface area (Å²) in [4.78, 5) is 275. The van der Waals surface area contributed by atoms with Crippen molar-refractivity contribution in [3.8, 4) is 11.5 Å². The van der Waals surface area contributed by atoms with Gasteiger partial charge in [-0.1, -0.05) is 125 Å². The number of aromatic hydroxyl groups is 2. The number of nitrogens with two attached hydrogens (primary N) is 1. The number of hydrogen-bond donors (Lipinski definition) is 17. The third-order valence-corrected chi connectivity index (χ3v) is 25.0. The molecule has 1 aliphatic rings. The zero-order chi connectivity index (χ0) is 102. The minimum absolute atomic E-state index is 0.00548. The van der Waals surface area contributed by atoms with Gasteiger partial charge in [0, 0.05) is 88.6 Å². The average Bonchev–Trinajstić information content (AvgIpc) is 1.69. The van der Waals surface area contributed by atoms with E-state index in [0.717, 1.165) is 30.5 Å². The minimum atomic E-state index is -2.00. The number of nitrogens with zero attached hydrogens (tertiary/aromatic N) is 1. The van der Waals surface area contributed by atoms with E-state index < -0.39 is 292 Å². The summed E-state index contributed by atoms with van der Waals surface area (Å²) in [5.41, 5.74) is 7.46. The van der Waals surface area contributed by atoms with Crippen molar-refractivity contribution in [2.75, 3.05) is 44.4 Å². The predicted octanol–water partition coefficient (Wildman–Crippen LogP) is 3.61. The van der Waals surface area contributed by atoms with E-state index in [1.165, 1.54) is 48.5 Å². The topological polar surface area (TPSA) is 637 Å². The lowest BCUT2D eigenvalue weighted by atomic mass is 9.85. The predicted molar refractivity (Wildman–Crippen MR) is 499 cm³/mol. The van der Waals surface area contributed by atoms with Gasteiger partial charge in [0.15, 0.2) is 34.7 Å². The van der Waals surface area contributed by atoms with Crippen LogP contribution >= 0.6 is 11.8 Å². The monoisotopic (exact) mass is 1930 g/mol. The number of benzene rings is 4. The molecule has 1 unspecified atom stereocenters. The summed E-state index contributed by atoms with van der Waals surface area (Å²) in [6, 6.07) is 19.2. The number of carbonyl (C=O) groups excluding carboxylic acids is 17.